The summed E-state index contributed by atoms with van der Waals surface area (Å²) in [6.07, 6.45) is 1.42. The van der Waals surface area contributed by atoms with E-state index >= 15 is 0 Å². The largest absolute Gasteiger partial charge is 0.494 e. The van der Waals surface area contributed by atoms with Crippen LogP contribution in [0.25, 0.3) is 0 Å². The second-order valence-electron chi connectivity index (χ2n) is 6.94. The highest BCUT2D eigenvalue weighted by molar-refractivity contribution is 5.80. The molecule has 24 heavy (non-hydrogen) atoms. The summed E-state index contributed by atoms with van der Waals surface area (Å²) >= 11 is 0. The lowest BCUT2D eigenvalue weighted by molar-refractivity contribution is -0.146. The van der Waals surface area contributed by atoms with E-state index in [1.807, 2.05) is 31.2 Å². The molecule has 0 radical (unpaired) electrons. The fraction of sp³-hybridized carbons (Fsp3) is 0.556. The van der Waals surface area contributed by atoms with Crippen molar-refractivity contribution in [2.24, 2.45) is 5.41 Å². The third-order valence-corrected chi connectivity index (χ3v) is 5.00. The number of carbonyl (C=O) groups is 2. The average molecular weight is 332 g/mol. The fourth-order valence-corrected chi connectivity index (χ4v) is 3.26. The molecule has 0 spiro atoms. The van der Waals surface area contributed by atoms with Gasteiger partial charge in [0.05, 0.1) is 12.0 Å². The summed E-state index contributed by atoms with van der Waals surface area (Å²) in [5.41, 5.74) is 0.371. The van der Waals surface area contributed by atoms with Crippen LogP contribution >= 0.6 is 0 Å². The summed E-state index contributed by atoms with van der Waals surface area (Å²) < 4.78 is 5.43. The Bertz CT molecular complexity index is 630. The Kier molecular flexibility index (Phi) is 4.39. The number of urea groups is 1. The Balaban J connectivity index is 1.51. The Morgan fingerprint density at radius 2 is 2.08 bits per heavy atom. The van der Waals surface area contributed by atoms with Crippen LogP contribution in [0, 0.1) is 5.41 Å². The Morgan fingerprint density at radius 3 is 2.67 bits per heavy atom. The van der Waals surface area contributed by atoms with Crippen molar-refractivity contribution in [1.82, 2.24) is 10.2 Å². The number of rotatable bonds is 5. The van der Waals surface area contributed by atoms with Crippen LogP contribution in [0.4, 0.5) is 4.79 Å². The SMILES string of the molecule is CCOc1ccc([C@@H]2C[C@H]2NC(=O)N2CCC(C)(C(=O)O)C2)cc1. The maximum atomic E-state index is 12.3. The number of amides is 2. The van der Waals surface area contributed by atoms with Crippen molar-refractivity contribution >= 4 is 12.0 Å². The molecule has 3 atom stereocenters. The molecule has 6 heteroatoms. The van der Waals surface area contributed by atoms with Gasteiger partial charge in [-0.2, -0.15) is 0 Å². The zero-order valence-electron chi connectivity index (χ0n) is 14.1. The first kappa shape index (κ1) is 16.6. The Labute approximate surface area is 141 Å². The first-order valence-corrected chi connectivity index (χ1v) is 8.44. The molecule has 1 unspecified atom stereocenters. The third kappa shape index (κ3) is 3.32. The van der Waals surface area contributed by atoms with Gasteiger partial charge >= 0.3 is 12.0 Å². The smallest absolute Gasteiger partial charge is 0.317 e. The summed E-state index contributed by atoms with van der Waals surface area (Å²) in [6, 6.07) is 7.97. The van der Waals surface area contributed by atoms with Crippen LogP contribution < -0.4 is 10.1 Å². The third-order valence-electron chi connectivity index (χ3n) is 5.00. The summed E-state index contributed by atoms with van der Waals surface area (Å²) in [7, 11) is 0. The van der Waals surface area contributed by atoms with Crippen molar-refractivity contribution in [2.45, 2.75) is 38.6 Å². The number of carboxylic acid groups (broad SMARTS) is 1. The molecule has 3 rings (SSSR count). The number of hydrogen-bond donors (Lipinski definition) is 2. The van der Waals surface area contributed by atoms with E-state index in [2.05, 4.69) is 5.32 Å². The molecule has 0 bridgehead atoms. The van der Waals surface area contributed by atoms with E-state index in [1.165, 1.54) is 5.56 Å². The van der Waals surface area contributed by atoms with Crippen LogP contribution in [0.1, 0.15) is 38.2 Å². The molecule has 2 aliphatic rings. The zero-order chi connectivity index (χ0) is 17.3. The van der Waals surface area contributed by atoms with Crippen molar-refractivity contribution in [1.29, 1.82) is 0 Å². The molecule has 130 valence electrons. The van der Waals surface area contributed by atoms with E-state index < -0.39 is 11.4 Å². The molecule has 2 amide bonds. The van der Waals surface area contributed by atoms with Crippen LogP contribution in [0.2, 0.25) is 0 Å². The topological polar surface area (TPSA) is 78.9 Å². The number of ether oxygens (including phenoxy) is 1. The second kappa shape index (κ2) is 6.34. The molecule has 1 saturated heterocycles. The van der Waals surface area contributed by atoms with E-state index in [9.17, 15) is 14.7 Å². The van der Waals surface area contributed by atoms with Crippen LogP contribution in [0.3, 0.4) is 0 Å². The van der Waals surface area contributed by atoms with Gasteiger partial charge in [-0.3, -0.25) is 4.79 Å². The van der Waals surface area contributed by atoms with Gasteiger partial charge in [0.2, 0.25) is 0 Å². The maximum absolute atomic E-state index is 12.3. The maximum Gasteiger partial charge on any atom is 0.317 e. The standard InChI is InChI=1S/C18H24N2O4/c1-3-24-13-6-4-12(5-7-13)14-10-15(14)19-17(23)20-9-8-18(2,11-20)16(21)22/h4-7,14-15H,3,8-11H2,1-2H3,(H,19,23)(H,21,22)/t14-,15+,18?/m0/s1. The highest BCUT2D eigenvalue weighted by Crippen LogP contribution is 2.41. The molecule has 1 heterocycles. The van der Waals surface area contributed by atoms with Gasteiger partial charge in [0.25, 0.3) is 0 Å². The van der Waals surface area contributed by atoms with E-state index in [4.69, 9.17) is 4.74 Å². The first-order chi connectivity index (χ1) is 11.4. The molecule has 2 fully saturated rings. The second-order valence-corrected chi connectivity index (χ2v) is 6.94. The molecule has 1 aromatic rings. The molecule has 1 aliphatic heterocycles. The van der Waals surface area contributed by atoms with E-state index in [0.29, 0.717) is 25.5 Å². The first-order valence-electron chi connectivity index (χ1n) is 8.44. The lowest BCUT2D eigenvalue weighted by Crippen LogP contribution is -2.42. The van der Waals surface area contributed by atoms with Crippen molar-refractivity contribution < 1.29 is 19.4 Å². The van der Waals surface area contributed by atoms with Gasteiger partial charge in [-0.15, -0.1) is 0 Å². The van der Waals surface area contributed by atoms with Crippen LogP contribution in [-0.4, -0.2) is 47.7 Å². The van der Waals surface area contributed by atoms with Gasteiger partial charge in [-0.25, -0.2) is 4.79 Å². The number of aliphatic carboxylic acids is 1. The number of nitrogens with one attached hydrogen (secondary N) is 1. The fourth-order valence-electron chi connectivity index (χ4n) is 3.26. The number of carboxylic acids is 1. The van der Waals surface area contributed by atoms with Gasteiger partial charge in [-0.1, -0.05) is 12.1 Å². The zero-order valence-corrected chi connectivity index (χ0v) is 14.1. The van der Waals surface area contributed by atoms with Crippen molar-refractivity contribution in [2.75, 3.05) is 19.7 Å². The summed E-state index contributed by atoms with van der Waals surface area (Å²) in [5, 5.41) is 12.3. The lowest BCUT2D eigenvalue weighted by Gasteiger charge is -2.20. The van der Waals surface area contributed by atoms with Crippen LogP contribution in [0.15, 0.2) is 24.3 Å². The molecule has 1 aliphatic carbocycles. The summed E-state index contributed by atoms with van der Waals surface area (Å²) in [5.74, 6) is 0.349. The van der Waals surface area contributed by atoms with Crippen LogP contribution in [0.5, 0.6) is 5.75 Å². The van der Waals surface area contributed by atoms with Crippen LogP contribution in [-0.2, 0) is 4.79 Å². The highest BCUT2D eigenvalue weighted by Gasteiger charge is 2.45. The summed E-state index contributed by atoms with van der Waals surface area (Å²) in [6.45, 7) is 5.06. The van der Waals surface area contributed by atoms with Crippen molar-refractivity contribution in [3.8, 4) is 5.75 Å². The lowest BCUT2D eigenvalue weighted by atomic mass is 9.90. The highest BCUT2D eigenvalue weighted by atomic mass is 16.5. The minimum Gasteiger partial charge on any atom is -0.494 e. The molecule has 2 N–H and O–H groups in total. The van der Waals surface area contributed by atoms with Gasteiger partial charge in [0, 0.05) is 25.0 Å². The molecular weight excluding hydrogens is 308 g/mol. The number of benzene rings is 1. The monoisotopic (exact) mass is 332 g/mol. The minimum absolute atomic E-state index is 0.132. The van der Waals surface area contributed by atoms with E-state index in [-0.39, 0.29) is 18.6 Å². The predicted octanol–water partition coefficient (Wildman–Crippen LogP) is 2.45. The number of likely N-dealkylation sites (tertiary alicyclic amines) is 1. The van der Waals surface area contributed by atoms with E-state index in [0.717, 1.165) is 12.2 Å². The number of hydrogen-bond acceptors (Lipinski definition) is 3. The van der Waals surface area contributed by atoms with Crippen molar-refractivity contribution in [3.63, 3.8) is 0 Å². The molecule has 1 saturated carbocycles. The Morgan fingerprint density at radius 1 is 1.38 bits per heavy atom. The molecular formula is C18H24N2O4. The number of carbonyl (C=O) groups excluding carboxylic acids is 1. The normalized spacial score (nSPS) is 28.5. The molecule has 1 aromatic carbocycles. The number of nitrogens with zero attached hydrogens (tertiary/aromatic N) is 1. The summed E-state index contributed by atoms with van der Waals surface area (Å²) in [4.78, 5) is 25.2. The quantitative estimate of drug-likeness (QED) is 0.868. The van der Waals surface area contributed by atoms with Gasteiger partial charge < -0.3 is 20.1 Å². The van der Waals surface area contributed by atoms with Crippen molar-refractivity contribution in [3.05, 3.63) is 29.8 Å². The molecule has 0 aromatic heterocycles. The average Bonchev–Trinajstić information content (AvgIpc) is 3.19. The predicted molar refractivity (Wildman–Crippen MR) is 89.2 cm³/mol. The van der Waals surface area contributed by atoms with Gasteiger partial charge in [-0.05, 0) is 44.4 Å². The van der Waals surface area contributed by atoms with E-state index in [1.54, 1.807) is 11.8 Å². The molecule has 6 nitrogen and oxygen atoms in total. The Hall–Kier alpha value is -2.24. The van der Waals surface area contributed by atoms with Gasteiger partial charge in [0.15, 0.2) is 0 Å². The minimum atomic E-state index is -0.837. The van der Waals surface area contributed by atoms with Gasteiger partial charge in [0.1, 0.15) is 5.75 Å².